The Morgan fingerprint density at radius 2 is 1.74 bits per heavy atom. The van der Waals surface area contributed by atoms with Gasteiger partial charge in [-0.25, -0.2) is 5.01 Å². The van der Waals surface area contributed by atoms with Crippen molar-refractivity contribution < 1.29 is 28.8 Å². The minimum Gasteiger partial charge on any atom is -0.497 e. The fraction of sp³-hybridized carbons (Fsp3) is 0.360. The summed E-state index contributed by atoms with van der Waals surface area (Å²) in [4.78, 5) is 63.9. The zero-order chi connectivity index (χ0) is 25.3. The van der Waals surface area contributed by atoms with Gasteiger partial charge in [-0.05, 0) is 43.4 Å². The number of ketones is 1. The number of rotatable bonds is 7. The zero-order valence-corrected chi connectivity index (χ0v) is 19.4. The molecule has 2 fully saturated rings. The predicted octanol–water partition coefficient (Wildman–Crippen LogP) is 3.26. The SMILES string of the molecule is COc1cccc(C(=O)CN(C(=O)c2cccc([N+](=O)[O-])c2)N2C(=O)[C@@H]3CC[C@H](C)C[C@H]3C2=O)c1. The van der Waals surface area contributed by atoms with Crippen LogP contribution in [-0.4, -0.2) is 52.1 Å². The summed E-state index contributed by atoms with van der Waals surface area (Å²) in [7, 11) is 1.45. The molecule has 1 saturated heterocycles. The molecule has 1 aliphatic carbocycles. The largest absolute Gasteiger partial charge is 0.497 e. The molecule has 3 atom stereocenters. The van der Waals surface area contributed by atoms with E-state index in [4.69, 9.17) is 4.74 Å². The highest BCUT2D eigenvalue weighted by Gasteiger charge is 2.52. The van der Waals surface area contributed by atoms with E-state index in [1.807, 2.05) is 6.92 Å². The quantitative estimate of drug-likeness (QED) is 0.258. The second kappa shape index (κ2) is 9.65. The lowest BCUT2D eigenvalue weighted by Crippen LogP contribution is -2.52. The van der Waals surface area contributed by atoms with Gasteiger partial charge in [0, 0.05) is 23.3 Å². The fourth-order valence-electron chi connectivity index (χ4n) is 4.77. The van der Waals surface area contributed by atoms with E-state index in [2.05, 4.69) is 0 Å². The predicted molar refractivity (Wildman–Crippen MR) is 123 cm³/mol. The first kappa shape index (κ1) is 24.1. The van der Waals surface area contributed by atoms with Crippen molar-refractivity contribution in [2.45, 2.75) is 26.2 Å². The Balaban J connectivity index is 1.72. The van der Waals surface area contributed by atoms with Crippen LogP contribution in [-0.2, 0) is 9.59 Å². The zero-order valence-electron chi connectivity index (χ0n) is 19.4. The smallest absolute Gasteiger partial charge is 0.273 e. The Morgan fingerprint density at radius 1 is 1.06 bits per heavy atom. The van der Waals surface area contributed by atoms with E-state index in [1.165, 1.54) is 37.4 Å². The highest BCUT2D eigenvalue weighted by Crippen LogP contribution is 2.41. The number of methoxy groups -OCH3 is 1. The maximum atomic E-state index is 13.5. The normalized spacial score (nSPS) is 21.4. The van der Waals surface area contributed by atoms with Crippen LogP contribution in [0.15, 0.2) is 48.5 Å². The number of nitro benzene ring substituents is 1. The first-order chi connectivity index (χ1) is 16.7. The van der Waals surface area contributed by atoms with Crippen molar-refractivity contribution >= 4 is 29.2 Å². The van der Waals surface area contributed by atoms with Crippen LogP contribution < -0.4 is 4.74 Å². The number of hydrogen-bond acceptors (Lipinski definition) is 7. The molecule has 1 heterocycles. The molecule has 2 aliphatic rings. The molecule has 2 aromatic carbocycles. The Bertz CT molecular complexity index is 1210. The van der Waals surface area contributed by atoms with Crippen molar-refractivity contribution in [1.82, 2.24) is 10.0 Å². The molecule has 2 aromatic rings. The highest BCUT2D eigenvalue weighted by molar-refractivity contribution is 6.09. The first-order valence-electron chi connectivity index (χ1n) is 11.3. The molecule has 1 aliphatic heterocycles. The molecule has 0 bridgehead atoms. The fourth-order valence-corrected chi connectivity index (χ4v) is 4.77. The van der Waals surface area contributed by atoms with Gasteiger partial charge in [0.05, 0.1) is 23.9 Å². The molecule has 0 unspecified atom stereocenters. The molecule has 1 saturated carbocycles. The summed E-state index contributed by atoms with van der Waals surface area (Å²) < 4.78 is 5.16. The Labute approximate surface area is 201 Å². The summed E-state index contributed by atoms with van der Waals surface area (Å²) in [6.45, 7) is 1.41. The van der Waals surface area contributed by atoms with Crippen LogP contribution in [0, 0.1) is 27.9 Å². The van der Waals surface area contributed by atoms with Crippen LogP contribution in [0.25, 0.3) is 0 Å². The maximum absolute atomic E-state index is 13.5. The summed E-state index contributed by atoms with van der Waals surface area (Å²) in [6.07, 6.45) is 1.83. The number of carbonyl (C=O) groups excluding carboxylic acids is 4. The second-order valence-corrected chi connectivity index (χ2v) is 8.94. The van der Waals surface area contributed by atoms with Crippen molar-refractivity contribution in [1.29, 1.82) is 0 Å². The van der Waals surface area contributed by atoms with Crippen molar-refractivity contribution in [2.24, 2.45) is 17.8 Å². The number of fused-ring (bicyclic) bond motifs is 1. The number of benzene rings is 2. The molecule has 0 radical (unpaired) electrons. The van der Waals surface area contributed by atoms with Gasteiger partial charge in [0.15, 0.2) is 5.78 Å². The summed E-state index contributed by atoms with van der Waals surface area (Å²) in [5.74, 6) is -2.84. The van der Waals surface area contributed by atoms with E-state index in [1.54, 1.807) is 12.1 Å². The van der Waals surface area contributed by atoms with E-state index < -0.39 is 46.8 Å². The topological polar surface area (TPSA) is 127 Å². The second-order valence-electron chi connectivity index (χ2n) is 8.94. The molecule has 3 amide bonds. The molecule has 4 rings (SSSR count). The molecule has 182 valence electrons. The van der Waals surface area contributed by atoms with E-state index in [0.717, 1.165) is 22.5 Å². The molecular weight excluding hydrogens is 454 g/mol. The number of imide groups is 1. The van der Waals surface area contributed by atoms with Gasteiger partial charge in [0.2, 0.25) is 0 Å². The van der Waals surface area contributed by atoms with Crippen molar-refractivity contribution in [3.63, 3.8) is 0 Å². The lowest BCUT2D eigenvalue weighted by molar-refractivity contribution is -0.384. The summed E-state index contributed by atoms with van der Waals surface area (Å²) >= 11 is 0. The number of nitrogens with zero attached hydrogens (tertiary/aromatic N) is 3. The molecule has 0 N–H and O–H groups in total. The van der Waals surface area contributed by atoms with E-state index in [9.17, 15) is 29.3 Å². The van der Waals surface area contributed by atoms with E-state index in [0.29, 0.717) is 18.6 Å². The lowest BCUT2D eigenvalue weighted by Gasteiger charge is -2.30. The summed E-state index contributed by atoms with van der Waals surface area (Å²) in [5, 5.41) is 12.8. The Morgan fingerprint density at radius 3 is 2.46 bits per heavy atom. The number of non-ortho nitro benzene ring substituents is 1. The van der Waals surface area contributed by atoms with Gasteiger partial charge in [-0.15, -0.1) is 0 Å². The third-order valence-electron chi connectivity index (χ3n) is 6.63. The van der Waals surface area contributed by atoms with Crippen molar-refractivity contribution in [2.75, 3.05) is 13.7 Å². The number of Topliss-reactive ketones (excluding diaryl/α,β-unsaturated/α-hetero) is 1. The third-order valence-corrected chi connectivity index (χ3v) is 6.63. The summed E-state index contributed by atoms with van der Waals surface area (Å²) in [5.41, 5.74) is -0.204. The van der Waals surface area contributed by atoms with Gasteiger partial charge in [0.25, 0.3) is 23.4 Å². The minimum absolute atomic E-state index is 0.110. The van der Waals surface area contributed by atoms with Gasteiger partial charge < -0.3 is 4.74 Å². The van der Waals surface area contributed by atoms with Gasteiger partial charge >= 0.3 is 0 Å². The molecule has 0 spiro atoms. The average molecular weight is 479 g/mol. The van der Waals surface area contributed by atoms with Gasteiger partial charge in [-0.1, -0.05) is 25.1 Å². The number of ether oxygens (including phenoxy) is 1. The van der Waals surface area contributed by atoms with E-state index >= 15 is 0 Å². The monoisotopic (exact) mass is 479 g/mol. The molecular formula is C25H25N3O7. The van der Waals surface area contributed by atoms with Crippen LogP contribution in [0.2, 0.25) is 0 Å². The minimum atomic E-state index is -0.849. The Kier molecular flexibility index (Phi) is 6.63. The number of carbonyl (C=O) groups is 4. The first-order valence-corrected chi connectivity index (χ1v) is 11.3. The number of hydrazine groups is 1. The summed E-state index contributed by atoms with van der Waals surface area (Å²) in [6, 6.07) is 11.3. The number of hydrogen-bond donors (Lipinski definition) is 0. The molecule has 10 heteroatoms. The van der Waals surface area contributed by atoms with Crippen LogP contribution in [0.1, 0.15) is 46.9 Å². The maximum Gasteiger partial charge on any atom is 0.273 e. The van der Waals surface area contributed by atoms with Crippen LogP contribution in [0.4, 0.5) is 5.69 Å². The lowest BCUT2D eigenvalue weighted by atomic mass is 9.76. The molecule has 35 heavy (non-hydrogen) atoms. The van der Waals surface area contributed by atoms with Crippen LogP contribution in [0.3, 0.4) is 0 Å². The number of amides is 3. The number of nitro groups is 1. The van der Waals surface area contributed by atoms with E-state index in [-0.39, 0.29) is 22.7 Å². The van der Waals surface area contributed by atoms with Gasteiger partial charge in [0.1, 0.15) is 12.3 Å². The van der Waals surface area contributed by atoms with Gasteiger partial charge in [-0.3, -0.25) is 29.3 Å². The van der Waals surface area contributed by atoms with Crippen LogP contribution >= 0.6 is 0 Å². The highest BCUT2D eigenvalue weighted by atomic mass is 16.6. The third kappa shape index (κ3) is 4.64. The van der Waals surface area contributed by atoms with Crippen LogP contribution in [0.5, 0.6) is 5.75 Å². The van der Waals surface area contributed by atoms with Crippen molar-refractivity contribution in [3.05, 3.63) is 69.8 Å². The standard InChI is InChI=1S/C25H25N3O7/c1-15-9-10-20-21(11-15)25(32)27(24(20)31)26(14-22(29)16-5-4-8-19(13-16)35-2)23(30)17-6-3-7-18(12-17)28(33)34/h3-8,12-13,15,20-21H,9-11,14H2,1-2H3/t15-,20+,21+/m0/s1. The molecule has 0 aromatic heterocycles. The Hall–Kier alpha value is -4.08. The molecule has 10 nitrogen and oxygen atoms in total. The van der Waals surface area contributed by atoms with Gasteiger partial charge in [-0.2, -0.15) is 5.01 Å². The van der Waals surface area contributed by atoms with Crippen molar-refractivity contribution in [3.8, 4) is 5.75 Å². The average Bonchev–Trinajstić information content (AvgIpc) is 3.10.